The maximum atomic E-state index is 9.25. The Hall–Kier alpha value is -1.53. The van der Waals surface area contributed by atoms with Gasteiger partial charge in [-0.1, -0.05) is 25.5 Å². The summed E-state index contributed by atoms with van der Waals surface area (Å²) in [5.41, 5.74) is 1.02. The molecule has 0 saturated heterocycles. The van der Waals surface area contributed by atoms with Gasteiger partial charge < -0.3 is 4.74 Å². The van der Waals surface area contributed by atoms with E-state index in [1.165, 1.54) is 0 Å². The van der Waals surface area contributed by atoms with E-state index in [2.05, 4.69) is 17.9 Å². The van der Waals surface area contributed by atoms with Crippen LogP contribution in [0, 0.1) is 11.3 Å². The van der Waals surface area contributed by atoms with Crippen molar-refractivity contribution in [2.75, 3.05) is 20.7 Å². The fourth-order valence-electron chi connectivity index (χ4n) is 1.75. The predicted molar refractivity (Wildman–Crippen MR) is 68.9 cm³/mol. The van der Waals surface area contributed by atoms with Gasteiger partial charge in [0.25, 0.3) is 0 Å². The van der Waals surface area contributed by atoms with E-state index in [0.717, 1.165) is 30.7 Å². The quantitative estimate of drug-likeness (QED) is 0.756. The fraction of sp³-hybridized carbons (Fsp3) is 0.500. The molecule has 17 heavy (non-hydrogen) atoms. The largest absolute Gasteiger partial charge is 0.497 e. The van der Waals surface area contributed by atoms with Crippen molar-refractivity contribution in [3.63, 3.8) is 0 Å². The molecule has 3 nitrogen and oxygen atoms in total. The number of hydrogen-bond donors (Lipinski definition) is 0. The van der Waals surface area contributed by atoms with Crippen molar-refractivity contribution in [2.45, 2.75) is 25.8 Å². The van der Waals surface area contributed by atoms with E-state index >= 15 is 0 Å². The van der Waals surface area contributed by atoms with Crippen LogP contribution in [-0.4, -0.2) is 25.6 Å². The molecule has 0 aromatic heterocycles. The molecule has 0 fully saturated rings. The van der Waals surface area contributed by atoms with Gasteiger partial charge in [0.2, 0.25) is 0 Å². The van der Waals surface area contributed by atoms with Gasteiger partial charge >= 0.3 is 0 Å². The maximum absolute atomic E-state index is 9.25. The van der Waals surface area contributed by atoms with Crippen LogP contribution >= 0.6 is 0 Å². The van der Waals surface area contributed by atoms with E-state index in [4.69, 9.17) is 4.74 Å². The minimum absolute atomic E-state index is 0.174. The van der Waals surface area contributed by atoms with E-state index in [9.17, 15) is 5.26 Å². The van der Waals surface area contributed by atoms with Gasteiger partial charge in [-0.05, 0) is 37.7 Å². The maximum Gasteiger partial charge on any atom is 0.123 e. The number of nitriles is 1. The average molecular weight is 232 g/mol. The smallest absolute Gasteiger partial charge is 0.123 e. The van der Waals surface area contributed by atoms with Crippen LogP contribution in [0.2, 0.25) is 0 Å². The molecule has 0 aliphatic carbocycles. The van der Waals surface area contributed by atoms with Crippen molar-refractivity contribution in [3.8, 4) is 11.8 Å². The molecule has 0 radical (unpaired) electrons. The Kier molecular flexibility index (Phi) is 5.51. The Labute approximate surface area is 104 Å². The lowest BCUT2D eigenvalue weighted by Gasteiger charge is -2.22. The lowest BCUT2D eigenvalue weighted by molar-refractivity contribution is 0.286. The number of nitrogens with zero attached hydrogens (tertiary/aromatic N) is 2. The Bertz CT molecular complexity index is 367. The highest BCUT2D eigenvalue weighted by Crippen LogP contribution is 2.21. The molecule has 1 atom stereocenters. The average Bonchev–Trinajstić information content (AvgIpc) is 2.38. The van der Waals surface area contributed by atoms with Gasteiger partial charge in [-0.25, -0.2) is 0 Å². The molecule has 1 aromatic carbocycles. The second-order valence-corrected chi connectivity index (χ2v) is 4.14. The fourth-order valence-corrected chi connectivity index (χ4v) is 1.75. The third-order valence-corrected chi connectivity index (χ3v) is 2.86. The van der Waals surface area contributed by atoms with Crippen LogP contribution in [-0.2, 0) is 0 Å². The molecule has 0 bridgehead atoms. The first-order chi connectivity index (χ1) is 8.22. The molecule has 1 rings (SSSR count). The number of methoxy groups -OCH3 is 1. The molecule has 0 spiro atoms. The highest BCUT2D eigenvalue weighted by atomic mass is 16.5. The van der Waals surface area contributed by atoms with Gasteiger partial charge in [0.05, 0.1) is 13.2 Å². The highest BCUT2D eigenvalue weighted by molar-refractivity contribution is 5.31. The van der Waals surface area contributed by atoms with Crippen LogP contribution < -0.4 is 4.74 Å². The molecular weight excluding hydrogens is 212 g/mol. The summed E-state index contributed by atoms with van der Waals surface area (Å²) in [5.74, 6) is 0.821. The van der Waals surface area contributed by atoms with Crippen LogP contribution in [0.4, 0.5) is 0 Å². The zero-order valence-electron chi connectivity index (χ0n) is 10.8. The summed E-state index contributed by atoms with van der Waals surface area (Å²) < 4.78 is 5.11. The zero-order valence-corrected chi connectivity index (χ0v) is 10.8. The Morgan fingerprint density at radius 1 is 1.35 bits per heavy atom. The second-order valence-electron chi connectivity index (χ2n) is 4.14. The first kappa shape index (κ1) is 13.5. The van der Waals surface area contributed by atoms with Gasteiger partial charge in [-0.15, -0.1) is 0 Å². The van der Waals surface area contributed by atoms with Crippen molar-refractivity contribution in [1.29, 1.82) is 5.26 Å². The first-order valence-electron chi connectivity index (χ1n) is 5.96. The molecule has 3 heteroatoms. The minimum Gasteiger partial charge on any atom is -0.497 e. The summed E-state index contributed by atoms with van der Waals surface area (Å²) in [7, 11) is 3.64. The molecule has 1 unspecified atom stereocenters. The normalized spacial score (nSPS) is 12.2. The first-order valence-corrected chi connectivity index (χ1v) is 5.96. The summed E-state index contributed by atoms with van der Waals surface area (Å²) in [5, 5.41) is 9.25. The van der Waals surface area contributed by atoms with Crippen molar-refractivity contribution >= 4 is 0 Å². The van der Waals surface area contributed by atoms with Crippen molar-refractivity contribution < 1.29 is 4.74 Å². The molecule has 92 valence electrons. The van der Waals surface area contributed by atoms with Gasteiger partial charge in [0.15, 0.2) is 0 Å². The van der Waals surface area contributed by atoms with E-state index in [1.54, 1.807) is 7.11 Å². The molecular formula is C14H20N2O. The van der Waals surface area contributed by atoms with Crippen molar-refractivity contribution in [1.82, 2.24) is 4.90 Å². The number of unbranched alkanes of at least 4 members (excludes halogenated alkanes) is 1. The molecule has 0 saturated carbocycles. The lowest BCUT2D eigenvalue weighted by atomic mass is 10.1. The van der Waals surface area contributed by atoms with E-state index in [-0.39, 0.29) is 6.04 Å². The molecule has 1 aromatic rings. The van der Waals surface area contributed by atoms with Crippen LogP contribution in [0.15, 0.2) is 24.3 Å². The highest BCUT2D eigenvalue weighted by Gasteiger charge is 2.15. The van der Waals surface area contributed by atoms with E-state index < -0.39 is 0 Å². The predicted octanol–water partition coefficient (Wildman–Crippen LogP) is 2.99. The standard InChI is InChI=1S/C14H20N2O/c1-4-5-10-16(2)14(11-15)12-6-8-13(17-3)9-7-12/h6-9,14H,4-5,10H2,1-3H3. The third-order valence-electron chi connectivity index (χ3n) is 2.86. The van der Waals surface area contributed by atoms with Crippen molar-refractivity contribution in [3.05, 3.63) is 29.8 Å². The second kappa shape index (κ2) is 6.93. The molecule has 0 aliphatic rings. The molecule has 0 N–H and O–H groups in total. The third kappa shape index (κ3) is 3.76. The summed E-state index contributed by atoms with van der Waals surface area (Å²) >= 11 is 0. The molecule has 0 heterocycles. The summed E-state index contributed by atoms with van der Waals surface area (Å²) in [6.45, 7) is 3.10. The molecule has 0 aliphatic heterocycles. The Morgan fingerprint density at radius 2 is 2.00 bits per heavy atom. The lowest BCUT2D eigenvalue weighted by Crippen LogP contribution is -2.24. The van der Waals surface area contributed by atoms with Gasteiger partial charge in [-0.2, -0.15) is 5.26 Å². The number of hydrogen-bond acceptors (Lipinski definition) is 3. The summed E-state index contributed by atoms with van der Waals surface area (Å²) in [6, 6.07) is 9.88. The Balaban J connectivity index is 2.75. The van der Waals surface area contributed by atoms with E-state index in [0.29, 0.717) is 0 Å². The number of rotatable bonds is 6. The van der Waals surface area contributed by atoms with Crippen molar-refractivity contribution in [2.24, 2.45) is 0 Å². The van der Waals surface area contributed by atoms with E-state index in [1.807, 2.05) is 31.3 Å². The summed E-state index contributed by atoms with van der Waals surface area (Å²) in [6.07, 6.45) is 2.26. The number of ether oxygens (including phenoxy) is 1. The number of benzene rings is 1. The minimum atomic E-state index is -0.174. The van der Waals surface area contributed by atoms with Gasteiger partial charge in [0.1, 0.15) is 11.8 Å². The Morgan fingerprint density at radius 3 is 2.47 bits per heavy atom. The van der Waals surface area contributed by atoms with Crippen LogP contribution in [0.25, 0.3) is 0 Å². The zero-order chi connectivity index (χ0) is 12.7. The van der Waals surface area contributed by atoms with Crippen LogP contribution in [0.3, 0.4) is 0 Å². The van der Waals surface area contributed by atoms with Gasteiger partial charge in [-0.3, -0.25) is 4.90 Å². The summed E-state index contributed by atoms with van der Waals surface area (Å²) in [4.78, 5) is 2.09. The van der Waals surface area contributed by atoms with Crippen LogP contribution in [0.5, 0.6) is 5.75 Å². The molecule has 0 amide bonds. The topological polar surface area (TPSA) is 36.3 Å². The van der Waals surface area contributed by atoms with Crippen LogP contribution in [0.1, 0.15) is 31.4 Å². The van der Waals surface area contributed by atoms with Gasteiger partial charge in [0, 0.05) is 0 Å². The monoisotopic (exact) mass is 232 g/mol. The SMILES string of the molecule is CCCCN(C)C(C#N)c1ccc(OC)cc1.